The number of aromatic nitrogens is 1. The molecule has 0 unspecified atom stereocenters. The number of hydrogen-bond acceptors (Lipinski definition) is 3. The molecule has 0 aliphatic heterocycles. The van der Waals surface area contributed by atoms with Gasteiger partial charge in [0.25, 0.3) is 5.91 Å². The van der Waals surface area contributed by atoms with Gasteiger partial charge in [0, 0.05) is 23.9 Å². The number of benzene rings is 1. The van der Waals surface area contributed by atoms with E-state index in [0.29, 0.717) is 5.69 Å². The van der Waals surface area contributed by atoms with E-state index in [2.05, 4.69) is 17.1 Å². The highest BCUT2D eigenvalue weighted by atomic mass is 32.1. The fourth-order valence-electron chi connectivity index (χ4n) is 2.46. The van der Waals surface area contributed by atoms with E-state index < -0.39 is 0 Å². The smallest absolute Gasteiger partial charge is 0.273 e. The van der Waals surface area contributed by atoms with Gasteiger partial charge in [0.05, 0.1) is 5.01 Å². The molecule has 0 spiro atoms. The van der Waals surface area contributed by atoms with Crippen molar-refractivity contribution in [2.24, 2.45) is 0 Å². The Bertz CT molecular complexity index is 582. The van der Waals surface area contributed by atoms with Gasteiger partial charge in [0.2, 0.25) is 0 Å². The number of carbonyl (C=O) groups excluding carboxylic acids is 1. The molecule has 3 nitrogen and oxygen atoms in total. The molecule has 0 radical (unpaired) electrons. The van der Waals surface area contributed by atoms with Crippen molar-refractivity contribution < 1.29 is 4.79 Å². The van der Waals surface area contributed by atoms with E-state index >= 15 is 0 Å². The molecule has 0 aliphatic rings. The summed E-state index contributed by atoms with van der Waals surface area (Å²) >= 11 is 1.55. The first-order valence-corrected chi connectivity index (χ1v) is 8.18. The number of thiazole rings is 1. The lowest BCUT2D eigenvalue weighted by Gasteiger charge is -2.30. The summed E-state index contributed by atoms with van der Waals surface area (Å²) in [6, 6.07) is 10.6. The lowest BCUT2D eigenvalue weighted by molar-refractivity contribution is 0.0638. The van der Waals surface area contributed by atoms with E-state index in [1.165, 1.54) is 5.56 Å². The van der Waals surface area contributed by atoms with Gasteiger partial charge in [0.15, 0.2) is 0 Å². The summed E-state index contributed by atoms with van der Waals surface area (Å²) in [4.78, 5) is 19.0. The first-order chi connectivity index (χ1) is 9.99. The Morgan fingerprint density at radius 2 is 1.76 bits per heavy atom. The molecule has 0 N–H and O–H groups in total. The number of amides is 1. The molecule has 112 valence electrons. The minimum absolute atomic E-state index is 0.0237. The van der Waals surface area contributed by atoms with Crippen LogP contribution >= 0.6 is 11.3 Å². The Labute approximate surface area is 130 Å². The molecular formula is C17H22N2OS. The van der Waals surface area contributed by atoms with Crippen LogP contribution in [0.25, 0.3) is 0 Å². The SMILES string of the molecule is CC(C)N(C(=O)c1csc(Cc2ccccc2)n1)C(C)C. The summed E-state index contributed by atoms with van der Waals surface area (Å²) in [5.41, 5.74) is 1.78. The lowest BCUT2D eigenvalue weighted by atomic mass is 10.2. The zero-order valence-electron chi connectivity index (χ0n) is 13.0. The van der Waals surface area contributed by atoms with Crippen molar-refractivity contribution in [2.45, 2.75) is 46.2 Å². The molecule has 21 heavy (non-hydrogen) atoms. The molecule has 0 saturated heterocycles. The van der Waals surface area contributed by atoms with Crippen LogP contribution < -0.4 is 0 Å². The van der Waals surface area contributed by atoms with Crippen molar-refractivity contribution in [1.82, 2.24) is 9.88 Å². The topological polar surface area (TPSA) is 33.2 Å². The van der Waals surface area contributed by atoms with Crippen molar-refractivity contribution in [3.8, 4) is 0 Å². The zero-order chi connectivity index (χ0) is 15.4. The van der Waals surface area contributed by atoms with Crippen LogP contribution in [0, 0.1) is 0 Å². The van der Waals surface area contributed by atoms with Crippen molar-refractivity contribution in [1.29, 1.82) is 0 Å². The fourth-order valence-corrected chi connectivity index (χ4v) is 3.26. The maximum Gasteiger partial charge on any atom is 0.273 e. The standard InChI is InChI=1S/C17H22N2OS/c1-12(2)19(13(3)4)17(20)15-11-21-16(18-15)10-14-8-6-5-7-9-14/h5-9,11-13H,10H2,1-4H3. The predicted octanol–water partition coefficient (Wildman–Crippen LogP) is 3.99. The Morgan fingerprint density at radius 3 is 2.33 bits per heavy atom. The zero-order valence-corrected chi connectivity index (χ0v) is 13.9. The van der Waals surface area contributed by atoms with Crippen LogP contribution in [0.2, 0.25) is 0 Å². The van der Waals surface area contributed by atoms with Gasteiger partial charge in [-0.25, -0.2) is 4.98 Å². The molecular weight excluding hydrogens is 280 g/mol. The second-order valence-corrected chi connectivity index (χ2v) is 6.63. The summed E-state index contributed by atoms with van der Waals surface area (Å²) in [7, 11) is 0. The molecule has 0 atom stereocenters. The maximum absolute atomic E-state index is 12.6. The third-order valence-electron chi connectivity index (χ3n) is 3.32. The van der Waals surface area contributed by atoms with Crippen LogP contribution in [0.5, 0.6) is 0 Å². The molecule has 2 rings (SSSR count). The molecule has 0 aliphatic carbocycles. The average molecular weight is 302 g/mol. The van der Waals surface area contributed by atoms with Gasteiger partial charge in [-0.3, -0.25) is 4.79 Å². The van der Waals surface area contributed by atoms with Gasteiger partial charge in [-0.1, -0.05) is 30.3 Å². The van der Waals surface area contributed by atoms with Crippen LogP contribution in [0.3, 0.4) is 0 Å². The van der Waals surface area contributed by atoms with Crippen molar-refractivity contribution in [3.05, 3.63) is 52.0 Å². The number of hydrogen-bond donors (Lipinski definition) is 0. The van der Waals surface area contributed by atoms with Crippen molar-refractivity contribution >= 4 is 17.2 Å². The number of nitrogens with zero attached hydrogens (tertiary/aromatic N) is 2. The van der Waals surface area contributed by atoms with Crippen LogP contribution in [0.4, 0.5) is 0 Å². The molecule has 1 heterocycles. The van der Waals surface area contributed by atoms with E-state index in [4.69, 9.17) is 0 Å². The van der Waals surface area contributed by atoms with Crippen molar-refractivity contribution in [3.63, 3.8) is 0 Å². The number of rotatable bonds is 5. The Balaban J connectivity index is 2.14. The average Bonchev–Trinajstić information content (AvgIpc) is 2.87. The van der Waals surface area contributed by atoms with Gasteiger partial charge >= 0.3 is 0 Å². The van der Waals surface area contributed by atoms with Crippen molar-refractivity contribution in [2.75, 3.05) is 0 Å². The Kier molecular flexibility index (Phi) is 5.12. The van der Waals surface area contributed by atoms with Crippen LogP contribution in [-0.4, -0.2) is 27.9 Å². The van der Waals surface area contributed by atoms with Crippen LogP contribution in [0.15, 0.2) is 35.7 Å². The van der Waals surface area contributed by atoms with E-state index in [1.807, 2.05) is 56.2 Å². The third-order valence-corrected chi connectivity index (χ3v) is 4.17. The summed E-state index contributed by atoms with van der Waals surface area (Å²) in [6.07, 6.45) is 0.780. The summed E-state index contributed by atoms with van der Waals surface area (Å²) in [5, 5.41) is 2.86. The molecule has 0 bridgehead atoms. The highest BCUT2D eigenvalue weighted by molar-refractivity contribution is 7.09. The fraction of sp³-hybridized carbons (Fsp3) is 0.412. The minimum Gasteiger partial charge on any atom is -0.332 e. The molecule has 2 aromatic rings. The normalized spacial score (nSPS) is 11.1. The quantitative estimate of drug-likeness (QED) is 0.836. The predicted molar refractivity (Wildman–Crippen MR) is 87.8 cm³/mol. The van der Waals surface area contributed by atoms with Crippen LogP contribution in [0.1, 0.15) is 48.8 Å². The monoisotopic (exact) mass is 302 g/mol. The van der Waals surface area contributed by atoms with Gasteiger partial charge in [-0.15, -0.1) is 11.3 Å². The number of carbonyl (C=O) groups is 1. The van der Waals surface area contributed by atoms with Gasteiger partial charge in [-0.2, -0.15) is 0 Å². The first-order valence-electron chi connectivity index (χ1n) is 7.30. The highest BCUT2D eigenvalue weighted by Crippen LogP contribution is 2.18. The highest BCUT2D eigenvalue weighted by Gasteiger charge is 2.23. The summed E-state index contributed by atoms with van der Waals surface area (Å²) < 4.78 is 0. The van der Waals surface area contributed by atoms with E-state index in [1.54, 1.807) is 11.3 Å². The van der Waals surface area contributed by atoms with Gasteiger partial charge < -0.3 is 4.90 Å². The molecule has 0 fully saturated rings. The van der Waals surface area contributed by atoms with Gasteiger partial charge in [-0.05, 0) is 33.3 Å². The van der Waals surface area contributed by atoms with E-state index in [-0.39, 0.29) is 18.0 Å². The molecule has 1 aromatic heterocycles. The Morgan fingerprint density at radius 1 is 1.14 bits per heavy atom. The van der Waals surface area contributed by atoms with E-state index in [0.717, 1.165) is 11.4 Å². The third kappa shape index (κ3) is 3.91. The summed E-state index contributed by atoms with van der Waals surface area (Å²) in [5.74, 6) is 0.0237. The Hall–Kier alpha value is -1.68. The van der Waals surface area contributed by atoms with Crippen LogP contribution in [-0.2, 0) is 6.42 Å². The molecule has 1 aromatic carbocycles. The largest absolute Gasteiger partial charge is 0.332 e. The second-order valence-electron chi connectivity index (χ2n) is 5.69. The molecule has 1 amide bonds. The molecule has 0 saturated carbocycles. The van der Waals surface area contributed by atoms with Gasteiger partial charge in [0.1, 0.15) is 5.69 Å². The summed E-state index contributed by atoms with van der Waals surface area (Å²) in [6.45, 7) is 8.15. The minimum atomic E-state index is 0.0237. The first kappa shape index (κ1) is 15.7. The lowest BCUT2D eigenvalue weighted by Crippen LogP contribution is -2.42. The molecule has 4 heteroatoms. The maximum atomic E-state index is 12.6. The van der Waals surface area contributed by atoms with E-state index in [9.17, 15) is 4.79 Å². The second kappa shape index (κ2) is 6.85.